The predicted octanol–water partition coefficient (Wildman–Crippen LogP) is 2.96. The smallest absolute Gasteiger partial charge is 0.124 e. The number of hydrogen-bond acceptors (Lipinski definition) is 2. The van der Waals surface area contributed by atoms with E-state index in [1.165, 1.54) is 0 Å². The van der Waals surface area contributed by atoms with Gasteiger partial charge in [-0.2, -0.15) is 0 Å². The minimum Gasteiger partial charge on any atom is -0.490 e. The fourth-order valence-corrected chi connectivity index (χ4v) is 1.72. The molecule has 2 nitrogen and oxygen atoms in total. The zero-order chi connectivity index (χ0) is 11.3. The van der Waals surface area contributed by atoms with Gasteiger partial charge in [-0.05, 0) is 25.3 Å². The van der Waals surface area contributed by atoms with Crippen LogP contribution in [0.3, 0.4) is 0 Å². The van der Waals surface area contributed by atoms with Crippen molar-refractivity contribution >= 4 is 0 Å². The van der Waals surface area contributed by atoms with Crippen molar-refractivity contribution in [2.45, 2.75) is 39.8 Å². The third-order valence-corrected chi connectivity index (χ3v) is 2.32. The van der Waals surface area contributed by atoms with Gasteiger partial charge in [0.05, 0.1) is 6.10 Å². The summed E-state index contributed by atoms with van der Waals surface area (Å²) in [6.07, 6.45) is 1.32. The molecule has 0 radical (unpaired) electrons. The lowest BCUT2D eigenvalue weighted by atomic mass is 10.1. The second kappa shape index (κ2) is 5.76. The van der Waals surface area contributed by atoms with E-state index in [4.69, 9.17) is 10.5 Å². The van der Waals surface area contributed by atoms with E-state index in [1.807, 2.05) is 24.3 Å². The zero-order valence-corrected chi connectivity index (χ0v) is 9.86. The highest BCUT2D eigenvalue weighted by Crippen LogP contribution is 2.20. The average molecular weight is 207 g/mol. The van der Waals surface area contributed by atoms with Crippen molar-refractivity contribution in [1.82, 2.24) is 0 Å². The van der Waals surface area contributed by atoms with Crippen LogP contribution in [-0.2, 0) is 6.54 Å². The molecule has 1 aromatic rings. The molecule has 0 heterocycles. The van der Waals surface area contributed by atoms with E-state index in [9.17, 15) is 0 Å². The molecule has 0 fully saturated rings. The molecule has 0 saturated heterocycles. The summed E-state index contributed by atoms with van der Waals surface area (Å²) in [5.74, 6) is 1.58. The molecule has 2 heteroatoms. The second-order valence-electron chi connectivity index (χ2n) is 4.37. The Labute approximate surface area is 92.4 Å². The van der Waals surface area contributed by atoms with Gasteiger partial charge in [-0.1, -0.05) is 32.0 Å². The van der Waals surface area contributed by atoms with Crippen LogP contribution in [0.5, 0.6) is 5.75 Å². The maximum absolute atomic E-state index is 5.87. The highest BCUT2D eigenvalue weighted by Gasteiger charge is 2.08. The van der Waals surface area contributed by atoms with E-state index < -0.39 is 0 Å². The Balaban J connectivity index is 2.63. The zero-order valence-electron chi connectivity index (χ0n) is 9.86. The van der Waals surface area contributed by atoms with Crippen LogP contribution in [0, 0.1) is 5.92 Å². The first-order chi connectivity index (χ1) is 7.13. The first-order valence-corrected chi connectivity index (χ1v) is 5.58. The molecule has 2 N–H and O–H groups in total. The summed E-state index contributed by atoms with van der Waals surface area (Å²) in [6, 6.07) is 7.97. The molecular weight excluding hydrogens is 186 g/mol. The van der Waals surface area contributed by atoms with E-state index in [0.717, 1.165) is 17.7 Å². The van der Waals surface area contributed by atoms with E-state index in [0.29, 0.717) is 12.5 Å². The van der Waals surface area contributed by atoms with Gasteiger partial charge >= 0.3 is 0 Å². The summed E-state index contributed by atoms with van der Waals surface area (Å²) in [5.41, 5.74) is 6.72. The third kappa shape index (κ3) is 3.92. The van der Waals surface area contributed by atoms with Crippen LogP contribution in [0.4, 0.5) is 0 Å². The highest BCUT2D eigenvalue weighted by molar-refractivity contribution is 5.33. The average Bonchev–Trinajstić information content (AvgIpc) is 2.17. The van der Waals surface area contributed by atoms with Gasteiger partial charge in [0.15, 0.2) is 0 Å². The molecule has 84 valence electrons. The molecule has 1 rings (SSSR count). The van der Waals surface area contributed by atoms with Gasteiger partial charge in [0.25, 0.3) is 0 Å². The predicted molar refractivity (Wildman–Crippen MR) is 63.9 cm³/mol. The number of para-hydroxylation sites is 1. The quantitative estimate of drug-likeness (QED) is 0.805. The molecule has 1 unspecified atom stereocenters. The van der Waals surface area contributed by atoms with Gasteiger partial charge in [-0.25, -0.2) is 0 Å². The molecule has 1 atom stereocenters. The molecule has 0 amide bonds. The van der Waals surface area contributed by atoms with Crippen molar-refractivity contribution in [2.75, 3.05) is 0 Å². The van der Waals surface area contributed by atoms with Crippen molar-refractivity contribution in [3.05, 3.63) is 29.8 Å². The van der Waals surface area contributed by atoms with Crippen molar-refractivity contribution in [3.63, 3.8) is 0 Å². The largest absolute Gasteiger partial charge is 0.490 e. The fraction of sp³-hybridized carbons (Fsp3) is 0.538. The minimum atomic E-state index is 0.248. The molecule has 0 bridgehead atoms. The summed E-state index contributed by atoms with van der Waals surface area (Å²) in [4.78, 5) is 0. The summed E-state index contributed by atoms with van der Waals surface area (Å²) in [6.45, 7) is 7.04. The van der Waals surface area contributed by atoms with E-state index >= 15 is 0 Å². The summed E-state index contributed by atoms with van der Waals surface area (Å²) < 4.78 is 5.87. The van der Waals surface area contributed by atoms with Crippen LogP contribution in [0.2, 0.25) is 0 Å². The number of benzene rings is 1. The lowest BCUT2D eigenvalue weighted by Crippen LogP contribution is -2.15. The Morgan fingerprint density at radius 3 is 2.47 bits per heavy atom. The van der Waals surface area contributed by atoms with Crippen molar-refractivity contribution in [3.8, 4) is 5.75 Å². The first-order valence-electron chi connectivity index (χ1n) is 5.58. The Bertz CT molecular complexity index is 296. The molecule has 0 aliphatic rings. The van der Waals surface area contributed by atoms with Crippen LogP contribution in [0.1, 0.15) is 32.8 Å². The van der Waals surface area contributed by atoms with Gasteiger partial charge in [0.1, 0.15) is 5.75 Å². The summed E-state index contributed by atoms with van der Waals surface area (Å²) in [5, 5.41) is 0. The van der Waals surface area contributed by atoms with Crippen LogP contribution < -0.4 is 10.5 Å². The monoisotopic (exact) mass is 207 g/mol. The van der Waals surface area contributed by atoms with Gasteiger partial charge in [0, 0.05) is 12.1 Å². The molecule has 0 saturated carbocycles. The number of rotatable bonds is 5. The lowest BCUT2D eigenvalue weighted by Gasteiger charge is -2.18. The van der Waals surface area contributed by atoms with Crippen LogP contribution in [-0.4, -0.2) is 6.10 Å². The Kier molecular flexibility index (Phi) is 4.63. The molecule has 0 aliphatic carbocycles. The molecule has 1 aromatic carbocycles. The standard InChI is InChI=1S/C13H21NO/c1-10(2)8-11(3)15-13-7-5-4-6-12(13)9-14/h4-7,10-11H,8-9,14H2,1-3H3. The number of nitrogens with two attached hydrogens (primary N) is 1. The van der Waals surface area contributed by atoms with Gasteiger partial charge < -0.3 is 10.5 Å². The fourth-order valence-electron chi connectivity index (χ4n) is 1.72. The van der Waals surface area contributed by atoms with Gasteiger partial charge in [0.2, 0.25) is 0 Å². The number of ether oxygens (including phenoxy) is 1. The number of hydrogen-bond donors (Lipinski definition) is 1. The van der Waals surface area contributed by atoms with Crippen LogP contribution in [0.15, 0.2) is 24.3 Å². The van der Waals surface area contributed by atoms with E-state index in [-0.39, 0.29) is 6.10 Å². The molecule has 0 aliphatic heterocycles. The van der Waals surface area contributed by atoms with Crippen molar-refractivity contribution in [1.29, 1.82) is 0 Å². The Morgan fingerprint density at radius 1 is 1.20 bits per heavy atom. The first kappa shape index (κ1) is 12.1. The molecule has 0 spiro atoms. The summed E-state index contributed by atoms with van der Waals surface area (Å²) >= 11 is 0. The maximum Gasteiger partial charge on any atom is 0.124 e. The molecule has 0 aromatic heterocycles. The SMILES string of the molecule is CC(C)CC(C)Oc1ccccc1CN. The topological polar surface area (TPSA) is 35.2 Å². The molecule has 15 heavy (non-hydrogen) atoms. The van der Waals surface area contributed by atoms with Crippen LogP contribution in [0.25, 0.3) is 0 Å². The van der Waals surface area contributed by atoms with E-state index in [1.54, 1.807) is 0 Å². The van der Waals surface area contributed by atoms with Gasteiger partial charge in [-0.15, -0.1) is 0 Å². The Morgan fingerprint density at radius 2 is 1.87 bits per heavy atom. The van der Waals surface area contributed by atoms with Crippen molar-refractivity contribution < 1.29 is 4.74 Å². The molecular formula is C13H21NO. The normalized spacial score (nSPS) is 12.9. The van der Waals surface area contributed by atoms with Gasteiger partial charge in [-0.3, -0.25) is 0 Å². The second-order valence-corrected chi connectivity index (χ2v) is 4.37. The van der Waals surface area contributed by atoms with E-state index in [2.05, 4.69) is 20.8 Å². The highest BCUT2D eigenvalue weighted by atomic mass is 16.5. The Hall–Kier alpha value is -1.02. The maximum atomic E-state index is 5.87. The van der Waals surface area contributed by atoms with Crippen molar-refractivity contribution in [2.24, 2.45) is 11.7 Å². The third-order valence-electron chi connectivity index (χ3n) is 2.32. The van der Waals surface area contributed by atoms with Crippen LogP contribution >= 0.6 is 0 Å². The summed E-state index contributed by atoms with van der Waals surface area (Å²) in [7, 11) is 0. The minimum absolute atomic E-state index is 0.248. The lowest BCUT2D eigenvalue weighted by molar-refractivity contribution is 0.191.